The van der Waals surface area contributed by atoms with Crippen LogP contribution in [0.1, 0.15) is 16.6 Å². The molecule has 1 aliphatic rings. The van der Waals surface area contributed by atoms with Crippen LogP contribution >= 0.6 is 11.3 Å². The first-order valence-electron chi connectivity index (χ1n) is 5.93. The van der Waals surface area contributed by atoms with Crippen molar-refractivity contribution in [2.75, 3.05) is 26.3 Å². The molecular formula is C12H15NO5S. The molecule has 1 N–H and O–H groups in total. The summed E-state index contributed by atoms with van der Waals surface area (Å²) in [6.07, 6.45) is -0.630. The van der Waals surface area contributed by atoms with Gasteiger partial charge in [0.25, 0.3) is 5.91 Å². The Kier molecular flexibility index (Phi) is 4.39. The molecule has 0 aromatic carbocycles. The molecule has 7 heteroatoms. The summed E-state index contributed by atoms with van der Waals surface area (Å²) in [7, 11) is 0. The fourth-order valence-corrected chi connectivity index (χ4v) is 2.44. The van der Waals surface area contributed by atoms with Gasteiger partial charge >= 0.3 is 5.97 Å². The fraction of sp³-hybridized carbons (Fsp3) is 0.500. The zero-order valence-corrected chi connectivity index (χ0v) is 11.3. The molecule has 1 saturated heterocycles. The van der Waals surface area contributed by atoms with Crippen LogP contribution in [-0.4, -0.2) is 54.3 Å². The topological polar surface area (TPSA) is 76.1 Å². The average Bonchev–Trinajstić information content (AvgIpc) is 2.87. The molecule has 0 bridgehead atoms. The third-order valence-electron chi connectivity index (χ3n) is 2.77. The minimum absolute atomic E-state index is 0.105. The summed E-state index contributed by atoms with van der Waals surface area (Å²) < 4.78 is 10.7. The number of ether oxygens (including phenoxy) is 2. The van der Waals surface area contributed by atoms with E-state index in [1.54, 1.807) is 17.2 Å². The molecule has 2 rings (SSSR count). The molecule has 6 nitrogen and oxygen atoms in total. The van der Waals surface area contributed by atoms with Crippen LogP contribution in [0.25, 0.3) is 0 Å². The summed E-state index contributed by atoms with van der Waals surface area (Å²) in [6, 6.07) is 1.43. The Morgan fingerprint density at radius 3 is 2.74 bits per heavy atom. The third kappa shape index (κ3) is 3.45. The molecule has 2 heterocycles. The van der Waals surface area contributed by atoms with Crippen molar-refractivity contribution in [1.82, 2.24) is 4.90 Å². The SMILES string of the molecule is CC(Oc1csc(C(=O)O)c1)C(=O)N1CCOCC1. The van der Waals surface area contributed by atoms with Crippen molar-refractivity contribution in [3.05, 3.63) is 16.3 Å². The quantitative estimate of drug-likeness (QED) is 0.895. The maximum Gasteiger partial charge on any atom is 0.346 e. The van der Waals surface area contributed by atoms with Gasteiger partial charge in [-0.1, -0.05) is 0 Å². The minimum Gasteiger partial charge on any atom is -0.480 e. The molecule has 1 aromatic rings. The van der Waals surface area contributed by atoms with Crippen molar-refractivity contribution in [1.29, 1.82) is 0 Å². The van der Waals surface area contributed by atoms with E-state index >= 15 is 0 Å². The van der Waals surface area contributed by atoms with Crippen molar-refractivity contribution < 1.29 is 24.2 Å². The van der Waals surface area contributed by atoms with Crippen LogP contribution in [0.5, 0.6) is 5.75 Å². The maximum absolute atomic E-state index is 12.1. The number of hydrogen-bond donors (Lipinski definition) is 1. The lowest BCUT2D eigenvalue weighted by Gasteiger charge is -2.29. The molecular weight excluding hydrogens is 270 g/mol. The maximum atomic E-state index is 12.1. The van der Waals surface area contributed by atoms with E-state index in [-0.39, 0.29) is 10.8 Å². The van der Waals surface area contributed by atoms with Crippen LogP contribution in [-0.2, 0) is 9.53 Å². The normalized spacial score (nSPS) is 17.0. The van der Waals surface area contributed by atoms with E-state index < -0.39 is 12.1 Å². The number of amides is 1. The highest BCUT2D eigenvalue weighted by molar-refractivity contribution is 7.12. The van der Waals surface area contributed by atoms with Gasteiger partial charge in [-0.2, -0.15) is 0 Å². The second kappa shape index (κ2) is 6.03. The van der Waals surface area contributed by atoms with Crippen LogP contribution in [0.4, 0.5) is 0 Å². The summed E-state index contributed by atoms with van der Waals surface area (Å²) >= 11 is 1.08. The monoisotopic (exact) mass is 285 g/mol. The number of carbonyl (C=O) groups is 2. The zero-order valence-electron chi connectivity index (χ0n) is 10.5. The van der Waals surface area contributed by atoms with Gasteiger partial charge in [0, 0.05) is 24.5 Å². The Balaban J connectivity index is 1.93. The van der Waals surface area contributed by atoms with E-state index in [2.05, 4.69) is 0 Å². The molecule has 0 saturated carbocycles. The van der Waals surface area contributed by atoms with E-state index in [0.29, 0.717) is 32.1 Å². The number of morpholine rings is 1. The number of thiophene rings is 1. The van der Waals surface area contributed by atoms with Crippen molar-refractivity contribution in [3.8, 4) is 5.75 Å². The number of rotatable bonds is 4. The number of aromatic carboxylic acids is 1. The van der Waals surface area contributed by atoms with Crippen molar-refractivity contribution in [2.45, 2.75) is 13.0 Å². The van der Waals surface area contributed by atoms with Gasteiger partial charge < -0.3 is 19.5 Å². The third-order valence-corrected chi connectivity index (χ3v) is 3.67. The molecule has 19 heavy (non-hydrogen) atoms. The first-order valence-corrected chi connectivity index (χ1v) is 6.81. The van der Waals surface area contributed by atoms with Crippen LogP contribution in [0.3, 0.4) is 0 Å². The predicted molar refractivity (Wildman–Crippen MR) is 68.8 cm³/mol. The van der Waals surface area contributed by atoms with Crippen molar-refractivity contribution >= 4 is 23.2 Å². The molecule has 1 fully saturated rings. The van der Waals surface area contributed by atoms with Gasteiger partial charge in [-0.25, -0.2) is 4.79 Å². The largest absolute Gasteiger partial charge is 0.480 e. The van der Waals surface area contributed by atoms with Crippen LogP contribution in [0.2, 0.25) is 0 Å². The molecule has 1 aromatic heterocycles. The summed E-state index contributed by atoms with van der Waals surface area (Å²) in [5.41, 5.74) is 0. The lowest BCUT2D eigenvalue weighted by molar-refractivity contribution is -0.142. The molecule has 0 radical (unpaired) electrons. The Morgan fingerprint density at radius 2 is 2.16 bits per heavy atom. The lowest BCUT2D eigenvalue weighted by atomic mass is 10.3. The Hall–Kier alpha value is -1.60. The van der Waals surface area contributed by atoms with Gasteiger partial charge in [0.15, 0.2) is 6.10 Å². The zero-order chi connectivity index (χ0) is 13.8. The van der Waals surface area contributed by atoms with Crippen LogP contribution in [0.15, 0.2) is 11.4 Å². The van der Waals surface area contributed by atoms with E-state index in [0.717, 1.165) is 11.3 Å². The molecule has 104 valence electrons. The highest BCUT2D eigenvalue weighted by atomic mass is 32.1. The first kappa shape index (κ1) is 13.8. The second-order valence-electron chi connectivity index (χ2n) is 4.15. The van der Waals surface area contributed by atoms with Crippen LogP contribution < -0.4 is 4.74 Å². The average molecular weight is 285 g/mol. The smallest absolute Gasteiger partial charge is 0.346 e. The summed E-state index contributed by atoms with van der Waals surface area (Å²) in [5.74, 6) is -0.685. The number of carbonyl (C=O) groups excluding carboxylic acids is 1. The van der Waals surface area contributed by atoms with Gasteiger partial charge in [-0.15, -0.1) is 11.3 Å². The van der Waals surface area contributed by atoms with E-state index in [4.69, 9.17) is 14.6 Å². The van der Waals surface area contributed by atoms with Crippen molar-refractivity contribution in [3.63, 3.8) is 0 Å². The molecule has 1 unspecified atom stereocenters. The highest BCUT2D eigenvalue weighted by Crippen LogP contribution is 2.23. The first-order chi connectivity index (χ1) is 9.08. The molecule has 1 aliphatic heterocycles. The molecule has 0 spiro atoms. The number of hydrogen-bond acceptors (Lipinski definition) is 5. The molecule has 1 atom stereocenters. The summed E-state index contributed by atoms with van der Waals surface area (Å²) in [4.78, 5) is 24.7. The van der Waals surface area contributed by atoms with Gasteiger partial charge in [0.1, 0.15) is 10.6 Å². The second-order valence-corrected chi connectivity index (χ2v) is 5.06. The Morgan fingerprint density at radius 1 is 1.47 bits per heavy atom. The highest BCUT2D eigenvalue weighted by Gasteiger charge is 2.24. The number of carboxylic acid groups (broad SMARTS) is 1. The minimum atomic E-state index is -0.994. The van der Waals surface area contributed by atoms with Gasteiger partial charge in [0.2, 0.25) is 0 Å². The van der Waals surface area contributed by atoms with Gasteiger partial charge in [-0.05, 0) is 6.92 Å². The standard InChI is InChI=1S/C12H15NO5S/c1-8(11(14)13-2-4-17-5-3-13)18-9-6-10(12(15)16)19-7-9/h6-8H,2-5H2,1H3,(H,15,16). The van der Waals surface area contributed by atoms with E-state index in [1.807, 2.05) is 0 Å². The van der Waals surface area contributed by atoms with Crippen molar-refractivity contribution in [2.24, 2.45) is 0 Å². The van der Waals surface area contributed by atoms with E-state index in [1.165, 1.54) is 6.07 Å². The lowest BCUT2D eigenvalue weighted by Crippen LogP contribution is -2.46. The Labute approximate surface area is 114 Å². The molecule has 1 amide bonds. The molecule has 0 aliphatic carbocycles. The summed E-state index contributed by atoms with van der Waals surface area (Å²) in [5, 5.41) is 10.4. The van der Waals surface area contributed by atoms with Gasteiger partial charge in [0.05, 0.1) is 13.2 Å². The summed E-state index contributed by atoms with van der Waals surface area (Å²) in [6.45, 7) is 3.88. The fourth-order valence-electron chi connectivity index (χ4n) is 1.79. The predicted octanol–water partition coefficient (Wildman–Crippen LogP) is 1.07. The van der Waals surface area contributed by atoms with E-state index in [9.17, 15) is 9.59 Å². The van der Waals surface area contributed by atoms with Gasteiger partial charge in [-0.3, -0.25) is 4.79 Å². The number of carboxylic acids is 1. The number of nitrogens with zero attached hydrogens (tertiary/aromatic N) is 1. The Bertz CT molecular complexity index is 466. The van der Waals surface area contributed by atoms with Crippen LogP contribution in [0, 0.1) is 0 Å².